The standard InChI is InChI=1S/C15H20N2O2/c1-4-11(2)17-14(18)10-7-12-5-8-13(9-6-12)15(19)16-3/h5-11H,4H2,1-3H3,(H,16,19)(H,17,18)/b10-7+. The molecule has 1 aromatic rings. The van der Waals surface area contributed by atoms with Crippen LogP contribution in [0.1, 0.15) is 36.2 Å². The van der Waals surface area contributed by atoms with Gasteiger partial charge in [0.15, 0.2) is 0 Å². The zero-order chi connectivity index (χ0) is 14.3. The second-order valence-corrected chi connectivity index (χ2v) is 4.35. The Morgan fingerprint density at radius 1 is 1.26 bits per heavy atom. The van der Waals surface area contributed by atoms with E-state index in [0.29, 0.717) is 5.56 Å². The summed E-state index contributed by atoms with van der Waals surface area (Å²) in [4.78, 5) is 22.9. The van der Waals surface area contributed by atoms with Crippen molar-refractivity contribution in [2.45, 2.75) is 26.3 Å². The Bertz CT molecular complexity index is 464. The summed E-state index contributed by atoms with van der Waals surface area (Å²) in [5, 5.41) is 5.41. The van der Waals surface area contributed by atoms with Crippen LogP contribution in [-0.4, -0.2) is 24.9 Å². The van der Waals surface area contributed by atoms with Crippen LogP contribution in [-0.2, 0) is 4.79 Å². The maximum absolute atomic E-state index is 11.5. The van der Waals surface area contributed by atoms with Crippen molar-refractivity contribution in [2.24, 2.45) is 0 Å². The minimum Gasteiger partial charge on any atom is -0.355 e. The van der Waals surface area contributed by atoms with Gasteiger partial charge in [-0.25, -0.2) is 0 Å². The third kappa shape index (κ3) is 4.95. The summed E-state index contributed by atoms with van der Waals surface area (Å²) < 4.78 is 0. The van der Waals surface area contributed by atoms with Gasteiger partial charge in [0.05, 0.1) is 0 Å². The Morgan fingerprint density at radius 3 is 2.42 bits per heavy atom. The molecule has 1 rings (SSSR count). The van der Waals surface area contributed by atoms with Crippen LogP contribution in [0.2, 0.25) is 0 Å². The molecule has 102 valence electrons. The van der Waals surface area contributed by atoms with E-state index < -0.39 is 0 Å². The first-order valence-corrected chi connectivity index (χ1v) is 6.37. The molecular formula is C15H20N2O2. The normalized spacial score (nSPS) is 12.2. The van der Waals surface area contributed by atoms with Crippen molar-refractivity contribution in [3.63, 3.8) is 0 Å². The smallest absolute Gasteiger partial charge is 0.251 e. The molecule has 4 nitrogen and oxygen atoms in total. The number of hydrogen-bond acceptors (Lipinski definition) is 2. The molecule has 0 heterocycles. The van der Waals surface area contributed by atoms with Crippen LogP contribution in [0.4, 0.5) is 0 Å². The lowest BCUT2D eigenvalue weighted by Crippen LogP contribution is -2.30. The fraction of sp³-hybridized carbons (Fsp3) is 0.333. The highest BCUT2D eigenvalue weighted by Gasteiger charge is 2.02. The Morgan fingerprint density at radius 2 is 1.89 bits per heavy atom. The number of amides is 2. The van der Waals surface area contributed by atoms with E-state index in [1.165, 1.54) is 6.08 Å². The van der Waals surface area contributed by atoms with Gasteiger partial charge in [-0.2, -0.15) is 0 Å². The van der Waals surface area contributed by atoms with Gasteiger partial charge in [0.1, 0.15) is 0 Å². The van der Waals surface area contributed by atoms with Crippen LogP contribution in [0, 0.1) is 0 Å². The van der Waals surface area contributed by atoms with Gasteiger partial charge in [-0.15, -0.1) is 0 Å². The van der Waals surface area contributed by atoms with E-state index in [9.17, 15) is 9.59 Å². The average molecular weight is 260 g/mol. The molecule has 1 unspecified atom stereocenters. The quantitative estimate of drug-likeness (QED) is 0.795. The van der Waals surface area contributed by atoms with Crippen molar-refractivity contribution in [3.8, 4) is 0 Å². The first-order chi connectivity index (χ1) is 9.06. The minimum absolute atomic E-state index is 0.107. The highest BCUT2D eigenvalue weighted by atomic mass is 16.2. The molecule has 0 aliphatic heterocycles. The van der Waals surface area contributed by atoms with Gasteiger partial charge in [0, 0.05) is 24.7 Å². The predicted molar refractivity (Wildman–Crippen MR) is 76.8 cm³/mol. The first kappa shape index (κ1) is 15.0. The molecular weight excluding hydrogens is 240 g/mol. The second kappa shape index (κ2) is 7.36. The molecule has 0 radical (unpaired) electrons. The van der Waals surface area contributed by atoms with Crippen LogP contribution in [0.5, 0.6) is 0 Å². The maximum Gasteiger partial charge on any atom is 0.251 e. The SMILES string of the molecule is CCC(C)NC(=O)/C=C/c1ccc(C(=O)NC)cc1. The van der Waals surface area contributed by atoms with Crippen LogP contribution >= 0.6 is 0 Å². The highest BCUT2D eigenvalue weighted by molar-refractivity contribution is 5.94. The molecule has 1 atom stereocenters. The molecule has 0 aliphatic carbocycles. The molecule has 0 saturated heterocycles. The maximum atomic E-state index is 11.5. The molecule has 0 aromatic heterocycles. The number of nitrogens with one attached hydrogen (secondary N) is 2. The van der Waals surface area contributed by atoms with Crippen LogP contribution < -0.4 is 10.6 Å². The van der Waals surface area contributed by atoms with Crippen molar-refractivity contribution in [1.82, 2.24) is 10.6 Å². The zero-order valence-corrected chi connectivity index (χ0v) is 11.6. The Kier molecular flexibility index (Phi) is 5.79. The zero-order valence-electron chi connectivity index (χ0n) is 11.6. The molecule has 0 bridgehead atoms. The summed E-state index contributed by atoms with van der Waals surface area (Å²) >= 11 is 0. The third-order valence-corrected chi connectivity index (χ3v) is 2.83. The summed E-state index contributed by atoms with van der Waals surface area (Å²) in [6, 6.07) is 7.23. The van der Waals surface area contributed by atoms with E-state index in [1.54, 1.807) is 37.4 Å². The summed E-state index contributed by atoms with van der Waals surface area (Å²) in [6.07, 6.45) is 4.13. The van der Waals surface area contributed by atoms with Gasteiger partial charge < -0.3 is 10.6 Å². The number of carbonyl (C=O) groups excluding carboxylic acids is 2. The Labute approximate surface area is 113 Å². The van der Waals surface area contributed by atoms with E-state index in [0.717, 1.165) is 12.0 Å². The molecule has 1 aromatic carbocycles. The lowest BCUT2D eigenvalue weighted by atomic mass is 10.1. The van der Waals surface area contributed by atoms with Crippen molar-refractivity contribution in [2.75, 3.05) is 7.05 Å². The summed E-state index contributed by atoms with van der Waals surface area (Å²) in [5.74, 6) is -0.227. The van der Waals surface area contributed by atoms with E-state index in [1.807, 2.05) is 13.8 Å². The van der Waals surface area contributed by atoms with Crippen molar-refractivity contribution >= 4 is 17.9 Å². The summed E-state index contributed by atoms with van der Waals surface area (Å²) in [7, 11) is 1.59. The van der Waals surface area contributed by atoms with E-state index in [2.05, 4.69) is 10.6 Å². The molecule has 0 saturated carbocycles. The molecule has 2 N–H and O–H groups in total. The van der Waals surface area contributed by atoms with E-state index >= 15 is 0 Å². The third-order valence-electron chi connectivity index (χ3n) is 2.83. The van der Waals surface area contributed by atoms with E-state index in [-0.39, 0.29) is 17.9 Å². The van der Waals surface area contributed by atoms with Gasteiger partial charge in [-0.1, -0.05) is 19.1 Å². The lowest BCUT2D eigenvalue weighted by Gasteiger charge is -2.08. The first-order valence-electron chi connectivity index (χ1n) is 6.37. The largest absolute Gasteiger partial charge is 0.355 e. The molecule has 0 fully saturated rings. The number of carbonyl (C=O) groups is 2. The van der Waals surface area contributed by atoms with E-state index in [4.69, 9.17) is 0 Å². The number of benzene rings is 1. The fourth-order valence-electron chi connectivity index (χ4n) is 1.45. The van der Waals surface area contributed by atoms with Crippen molar-refractivity contribution in [3.05, 3.63) is 41.5 Å². The van der Waals surface area contributed by atoms with Gasteiger partial charge in [-0.3, -0.25) is 9.59 Å². The van der Waals surface area contributed by atoms with Gasteiger partial charge >= 0.3 is 0 Å². The fourth-order valence-corrected chi connectivity index (χ4v) is 1.45. The molecule has 0 spiro atoms. The topological polar surface area (TPSA) is 58.2 Å². The van der Waals surface area contributed by atoms with Crippen LogP contribution in [0.25, 0.3) is 6.08 Å². The molecule has 4 heteroatoms. The van der Waals surface area contributed by atoms with Crippen LogP contribution in [0.3, 0.4) is 0 Å². The lowest BCUT2D eigenvalue weighted by molar-refractivity contribution is -0.117. The number of hydrogen-bond donors (Lipinski definition) is 2. The predicted octanol–water partition coefficient (Wildman–Crippen LogP) is 1.97. The van der Waals surface area contributed by atoms with Gasteiger partial charge in [-0.05, 0) is 37.1 Å². The Hall–Kier alpha value is -2.10. The van der Waals surface area contributed by atoms with Crippen molar-refractivity contribution in [1.29, 1.82) is 0 Å². The number of rotatable bonds is 5. The monoisotopic (exact) mass is 260 g/mol. The van der Waals surface area contributed by atoms with Gasteiger partial charge in [0.2, 0.25) is 5.91 Å². The summed E-state index contributed by atoms with van der Waals surface area (Å²) in [5.41, 5.74) is 1.48. The molecule has 0 aliphatic rings. The van der Waals surface area contributed by atoms with Crippen molar-refractivity contribution < 1.29 is 9.59 Å². The molecule has 19 heavy (non-hydrogen) atoms. The minimum atomic E-state index is -0.120. The average Bonchev–Trinajstić information content (AvgIpc) is 2.44. The molecule has 2 amide bonds. The Balaban J connectivity index is 2.62. The highest BCUT2D eigenvalue weighted by Crippen LogP contribution is 2.06. The van der Waals surface area contributed by atoms with Gasteiger partial charge in [0.25, 0.3) is 5.91 Å². The summed E-state index contributed by atoms with van der Waals surface area (Å²) in [6.45, 7) is 3.98. The second-order valence-electron chi connectivity index (χ2n) is 4.35. The van der Waals surface area contributed by atoms with Crippen LogP contribution in [0.15, 0.2) is 30.3 Å².